The quantitative estimate of drug-likeness (QED) is 0.717. The van der Waals surface area contributed by atoms with Crippen molar-refractivity contribution in [3.05, 3.63) is 59.9 Å². The lowest BCUT2D eigenvalue weighted by Gasteiger charge is -2.27. The van der Waals surface area contributed by atoms with Crippen molar-refractivity contribution in [2.45, 2.75) is 37.6 Å². The largest absolute Gasteiger partial charge is 0.490 e. The van der Waals surface area contributed by atoms with Crippen molar-refractivity contribution in [2.75, 3.05) is 19.7 Å². The highest BCUT2D eigenvalue weighted by atomic mass is 16.5. The van der Waals surface area contributed by atoms with E-state index in [1.165, 1.54) is 18.4 Å². The Morgan fingerprint density at radius 3 is 2.89 bits per heavy atom. The van der Waals surface area contributed by atoms with Crippen LogP contribution in [0.2, 0.25) is 0 Å². The summed E-state index contributed by atoms with van der Waals surface area (Å²) in [5.74, 6) is 2.14. The van der Waals surface area contributed by atoms with E-state index in [9.17, 15) is 4.79 Å². The van der Waals surface area contributed by atoms with Crippen LogP contribution in [0, 0.1) is 5.92 Å². The second kappa shape index (κ2) is 8.53. The minimum absolute atomic E-state index is 0.0973. The number of hydrogen-bond donors (Lipinski definition) is 2. The minimum Gasteiger partial charge on any atom is -0.490 e. The highest BCUT2D eigenvalue weighted by molar-refractivity contribution is 5.78. The summed E-state index contributed by atoms with van der Waals surface area (Å²) in [7, 11) is 0. The lowest BCUT2D eigenvalue weighted by atomic mass is 10.1. The summed E-state index contributed by atoms with van der Waals surface area (Å²) in [6.45, 7) is 2.55. The monoisotopic (exact) mass is 365 g/mol. The van der Waals surface area contributed by atoms with Crippen LogP contribution in [0.3, 0.4) is 0 Å². The van der Waals surface area contributed by atoms with Gasteiger partial charge in [0, 0.05) is 18.8 Å². The van der Waals surface area contributed by atoms with Crippen molar-refractivity contribution in [3.8, 4) is 5.75 Å². The molecule has 0 radical (unpaired) electrons. The summed E-state index contributed by atoms with van der Waals surface area (Å²) in [5, 5.41) is 6.39. The second-order valence-corrected chi connectivity index (χ2v) is 7.61. The van der Waals surface area contributed by atoms with Gasteiger partial charge in [0.25, 0.3) is 0 Å². The third-order valence-corrected chi connectivity index (χ3v) is 5.51. The van der Waals surface area contributed by atoms with Crippen LogP contribution in [0.1, 0.15) is 36.3 Å². The first-order valence-corrected chi connectivity index (χ1v) is 9.89. The molecule has 2 aromatic rings. The van der Waals surface area contributed by atoms with E-state index in [4.69, 9.17) is 4.74 Å². The first-order valence-electron chi connectivity index (χ1n) is 9.89. The summed E-state index contributed by atoms with van der Waals surface area (Å²) < 4.78 is 5.85. The van der Waals surface area contributed by atoms with Crippen LogP contribution < -0.4 is 15.4 Å². The highest BCUT2D eigenvalue weighted by Crippen LogP contribution is 2.49. The summed E-state index contributed by atoms with van der Waals surface area (Å²) >= 11 is 0. The van der Waals surface area contributed by atoms with E-state index in [0.717, 1.165) is 30.8 Å². The third-order valence-electron chi connectivity index (χ3n) is 5.51. The molecule has 5 nitrogen and oxygen atoms in total. The highest BCUT2D eigenvalue weighted by Gasteiger charge is 2.38. The fourth-order valence-corrected chi connectivity index (χ4v) is 3.62. The van der Waals surface area contributed by atoms with E-state index in [2.05, 4.69) is 21.7 Å². The molecule has 0 spiro atoms. The fraction of sp³-hybridized carbons (Fsp3) is 0.455. The molecule has 1 aromatic carbocycles. The molecule has 2 fully saturated rings. The SMILES string of the molecule is O=C(Cc1ccccc1)NCC[C@@H]1C[C@@H]1c1cncc(OC[C@@H]2CCN2)c1. The zero-order chi connectivity index (χ0) is 18.5. The van der Waals surface area contributed by atoms with Crippen LogP contribution in [0.5, 0.6) is 5.75 Å². The maximum absolute atomic E-state index is 12.0. The number of carbonyl (C=O) groups excluding carboxylic acids is 1. The average Bonchev–Trinajstić information content (AvgIpc) is 3.41. The van der Waals surface area contributed by atoms with Gasteiger partial charge in [-0.15, -0.1) is 0 Å². The second-order valence-electron chi connectivity index (χ2n) is 7.61. The maximum atomic E-state index is 12.0. The van der Waals surface area contributed by atoms with Gasteiger partial charge >= 0.3 is 0 Å². The van der Waals surface area contributed by atoms with Gasteiger partial charge in [-0.25, -0.2) is 0 Å². The lowest BCUT2D eigenvalue weighted by molar-refractivity contribution is -0.120. The van der Waals surface area contributed by atoms with Gasteiger partial charge in [-0.05, 0) is 54.8 Å². The predicted octanol–water partition coefficient (Wildman–Crippen LogP) is 2.67. The molecule has 1 aromatic heterocycles. The zero-order valence-electron chi connectivity index (χ0n) is 15.6. The first kappa shape index (κ1) is 18.0. The van der Waals surface area contributed by atoms with E-state index < -0.39 is 0 Å². The van der Waals surface area contributed by atoms with E-state index in [0.29, 0.717) is 30.9 Å². The molecule has 1 saturated heterocycles. The summed E-state index contributed by atoms with van der Waals surface area (Å²) in [4.78, 5) is 16.4. The molecule has 2 heterocycles. The van der Waals surface area contributed by atoms with Gasteiger partial charge in [-0.3, -0.25) is 9.78 Å². The summed E-state index contributed by atoms with van der Waals surface area (Å²) in [6, 6.07) is 12.5. The molecule has 5 heteroatoms. The number of amides is 1. The number of ether oxygens (including phenoxy) is 1. The molecule has 1 amide bonds. The number of hydrogen-bond acceptors (Lipinski definition) is 4. The number of pyridine rings is 1. The van der Waals surface area contributed by atoms with Crippen molar-refractivity contribution >= 4 is 5.91 Å². The summed E-state index contributed by atoms with van der Waals surface area (Å²) in [6.07, 6.45) is 7.57. The molecule has 2 aliphatic rings. The van der Waals surface area contributed by atoms with E-state index in [1.54, 1.807) is 6.20 Å². The molecule has 142 valence electrons. The third kappa shape index (κ3) is 5.07. The number of aromatic nitrogens is 1. The molecular formula is C22H27N3O2. The molecule has 1 aliphatic carbocycles. The number of nitrogens with zero attached hydrogens (tertiary/aromatic N) is 1. The fourth-order valence-electron chi connectivity index (χ4n) is 3.62. The van der Waals surface area contributed by atoms with Gasteiger partial charge < -0.3 is 15.4 Å². The molecule has 2 N–H and O–H groups in total. The lowest BCUT2D eigenvalue weighted by Crippen LogP contribution is -2.46. The predicted molar refractivity (Wildman–Crippen MR) is 105 cm³/mol. The normalized spacial score (nSPS) is 23.3. The van der Waals surface area contributed by atoms with Crippen LogP contribution in [-0.2, 0) is 11.2 Å². The van der Waals surface area contributed by atoms with Gasteiger partial charge in [-0.2, -0.15) is 0 Å². The first-order chi connectivity index (χ1) is 13.3. The van der Waals surface area contributed by atoms with Gasteiger partial charge in [0.05, 0.1) is 12.6 Å². The van der Waals surface area contributed by atoms with Crippen LogP contribution in [0.15, 0.2) is 48.8 Å². The number of benzene rings is 1. The molecule has 1 saturated carbocycles. The van der Waals surface area contributed by atoms with Crippen LogP contribution >= 0.6 is 0 Å². The van der Waals surface area contributed by atoms with E-state index in [1.807, 2.05) is 36.5 Å². The van der Waals surface area contributed by atoms with Crippen LogP contribution in [0.4, 0.5) is 0 Å². The molecule has 3 atom stereocenters. The molecule has 4 rings (SSSR count). The molecule has 0 unspecified atom stereocenters. The van der Waals surface area contributed by atoms with Crippen molar-refractivity contribution < 1.29 is 9.53 Å². The van der Waals surface area contributed by atoms with Crippen LogP contribution in [0.25, 0.3) is 0 Å². The van der Waals surface area contributed by atoms with Crippen molar-refractivity contribution in [2.24, 2.45) is 5.92 Å². The number of carbonyl (C=O) groups is 1. The van der Waals surface area contributed by atoms with Crippen molar-refractivity contribution in [3.63, 3.8) is 0 Å². The van der Waals surface area contributed by atoms with Gasteiger partial charge in [0.1, 0.15) is 12.4 Å². The Morgan fingerprint density at radius 2 is 2.11 bits per heavy atom. The molecule has 27 heavy (non-hydrogen) atoms. The standard InChI is InChI=1S/C22H27N3O2/c26-22(10-16-4-2-1-3-5-16)25-8-6-17-12-21(17)18-11-20(14-23-13-18)27-15-19-7-9-24-19/h1-5,11,13-14,17,19,21,24H,6-10,12,15H2,(H,25,26)/t17-,19+,21+/m1/s1. The molecule has 0 bridgehead atoms. The number of nitrogens with one attached hydrogen (secondary N) is 2. The molecular weight excluding hydrogens is 338 g/mol. The Labute approximate surface area is 160 Å². The Hall–Kier alpha value is -2.40. The Balaban J connectivity index is 1.18. The maximum Gasteiger partial charge on any atom is 0.224 e. The zero-order valence-corrected chi connectivity index (χ0v) is 15.6. The Kier molecular flexibility index (Phi) is 5.68. The van der Waals surface area contributed by atoms with Gasteiger partial charge in [0.15, 0.2) is 0 Å². The number of rotatable bonds is 9. The Morgan fingerprint density at radius 1 is 1.26 bits per heavy atom. The van der Waals surface area contributed by atoms with Crippen LogP contribution in [-0.4, -0.2) is 36.6 Å². The van der Waals surface area contributed by atoms with E-state index in [-0.39, 0.29) is 5.91 Å². The van der Waals surface area contributed by atoms with Gasteiger partial charge in [0.2, 0.25) is 5.91 Å². The van der Waals surface area contributed by atoms with Crippen molar-refractivity contribution in [1.82, 2.24) is 15.6 Å². The van der Waals surface area contributed by atoms with Gasteiger partial charge in [-0.1, -0.05) is 30.3 Å². The van der Waals surface area contributed by atoms with E-state index >= 15 is 0 Å². The molecule has 1 aliphatic heterocycles. The Bertz CT molecular complexity index is 761. The average molecular weight is 365 g/mol. The minimum atomic E-state index is 0.0973. The summed E-state index contributed by atoms with van der Waals surface area (Å²) in [5.41, 5.74) is 2.31. The smallest absolute Gasteiger partial charge is 0.224 e. The topological polar surface area (TPSA) is 63.2 Å². The van der Waals surface area contributed by atoms with Crippen molar-refractivity contribution in [1.29, 1.82) is 0 Å².